The molecule has 0 unspecified atom stereocenters. The average Bonchev–Trinajstić information content (AvgIpc) is 3.09. The van der Waals surface area contributed by atoms with Crippen LogP contribution in [-0.2, 0) is 18.4 Å². The van der Waals surface area contributed by atoms with Crippen molar-refractivity contribution >= 4 is 12.0 Å². The minimum Gasteiger partial charge on any atom is -0.338 e. The largest absolute Gasteiger partial charge is 0.338 e. The van der Waals surface area contributed by atoms with Gasteiger partial charge in [0.25, 0.3) is 0 Å². The van der Waals surface area contributed by atoms with Crippen LogP contribution in [0.1, 0.15) is 33.9 Å². The van der Waals surface area contributed by atoms with Crippen LogP contribution in [0.15, 0.2) is 36.4 Å². The van der Waals surface area contributed by atoms with Crippen molar-refractivity contribution < 1.29 is 4.79 Å². The summed E-state index contributed by atoms with van der Waals surface area (Å²) in [6.45, 7) is 8.49. The predicted octanol–water partition coefficient (Wildman–Crippen LogP) is 3.51. The van der Waals surface area contributed by atoms with Crippen LogP contribution in [0.3, 0.4) is 0 Å². The quantitative estimate of drug-likeness (QED) is 0.640. The number of hydrogen-bond donors (Lipinski definition) is 0. The van der Waals surface area contributed by atoms with Crippen LogP contribution in [0.2, 0.25) is 0 Å². The Bertz CT molecular complexity index is 1030. The van der Waals surface area contributed by atoms with Crippen molar-refractivity contribution in [1.29, 1.82) is 0 Å². The standard InChI is InChI=1S/C22H27N5O/c1-15-20(17(3)26(6)23-15)12-13-22(28)25(5)14-21-16(2)24-27(18(21)4)19-10-8-7-9-11-19/h7-13H,14H2,1-6H3/b13-12+. The molecule has 6 nitrogen and oxygen atoms in total. The molecule has 2 heterocycles. The lowest BCUT2D eigenvalue weighted by Crippen LogP contribution is -2.24. The number of aromatic nitrogens is 4. The van der Waals surface area contributed by atoms with E-state index in [2.05, 4.69) is 10.2 Å². The zero-order chi connectivity index (χ0) is 20.4. The predicted molar refractivity (Wildman–Crippen MR) is 111 cm³/mol. The highest BCUT2D eigenvalue weighted by Gasteiger charge is 2.16. The lowest BCUT2D eigenvalue weighted by atomic mass is 10.1. The summed E-state index contributed by atoms with van der Waals surface area (Å²) in [7, 11) is 3.72. The summed E-state index contributed by atoms with van der Waals surface area (Å²) < 4.78 is 3.76. The van der Waals surface area contributed by atoms with E-state index in [0.29, 0.717) is 6.54 Å². The first-order valence-electron chi connectivity index (χ1n) is 9.33. The van der Waals surface area contributed by atoms with E-state index < -0.39 is 0 Å². The topological polar surface area (TPSA) is 56.0 Å². The highest BCUT2D eigenvalue weighted by Crippen LogP contribution is 2.20. The summed E-state index contributed by atoms with van der Waals surface area (Å²) in [6, 6.07) is 10.0. The van der Waals surface area contributed by atoms with Gasteiger partial charge in [0.1, 0.15) is 0 Å². The Balaban J connectivity index is 1.77. The summed E-state index contributed by atoms with van der Waals surface area (Å²) in [5.41, 5.74) is 7.03. The van der Waals surface area contributed by atoms with Gasteiger partial charge in [-0.05, 0) is 45.9 Å². The van der Waals surface area contributed by atoms with E-state index >= 15 is 0 Å². The van der Waals surface area contributed by atoms with Crippen molar-refractivity contribution in [3.8, 4) is 5.69 Å². The number of carbonyl (C=O) groups excluding carboxylic acids is 1. The molecule has 0 spiro atoms. The molecule has 0 N–H and O–H groups in total. The van der Waals surface area contributed by atoms with Crippen molar-refractivity contribution in [3.05, 3.63) is 70.3 Å². The van der Waals surface area contributed by atoms with Crippen LogP contribution in [-0.4, -0.2) is 37.4 Å². The maximum atomic E-state index is 12.6. The van der Waals surface area contributed by atoms with Gasteiger partial charge in [-0.3, -0.25) is 9.48 Å². The van der Waals surface area contributed by atoms with E-state index in [1.165, 1.54) is 0 Å². The van der Waals surface area contributed by atoms with Crippen molar-refractivity contribution in [1.82, 2.24) is 24.5 Å². The number of nitrogens with zero attached hydrogens (tertiary/aromatic N) is 5. The summed E-state index contributed by atoms with van der Waals surface area (Å²) in [4.78, 5) is 14.3. The first-order valence-corrected chi connectivity index (χ1v) is 9.33. The maximum absolute atomic E-state index is 12.6. The van der Waals surface area contributed by atoms with Crippen molar-refractivity contribution in [3.63, 3.8) is 0 Å². The van der Waals surface area contributed by atoms with Crippen LogP contribution in [0.5, 0.6) is 0 Å². The number of rotatable bonds is 5. The molecular weight excluding hydrogens is 350 g/mol. The Kier molecular flexibility index (Phi) is 5.49. The normalized spacial score (nSPS) is 11.4. The third-order valence-corrected chi connectivity index (χ3v) is 5.17. The van der Waals surface area contributed by atoms with Crippen LogP contribution in [0.4, 0.5) is 0 Å². The van der Waals surface area contributed by atoms with Crippen molar-refractivity contribution in [2.75, 3.05) is 7.05 Å². The van der Waals surface area contributed by atoms with Gasteiger partial charge >= 0.3 is 0 Å². The number of para-hydroxylation sites is 1. The molecule has 3 rings (SSSR count). The second kappa shape index (κ2) is 7.84. The van der Waals surface area contributed by atoms with Gasteiger partial charge in [0.2, 0.25) is 5.91 Å². The van der Waals surface area contributed by atoms with E-state index in [1.54, 1.807) is 11.0 Å². The van der Waals surface area contributed by atoms with Crippen LogP contribution in [0, 0.1) is 27.7 Å². The highest BCUT2D eigenvalue weighted by molar-refractivity contribution is 5.91. The monoisotopic (exact) mass is 377 g/mol. The number of likely N-dealkylation sites (N-methyl/N-ethyl adjacent to an activating group) is 1. The lowest BCUT2D eigenvalue weighted by molar-refractivity contribution is -0.125. The minimum atomic E-state index is -0.0473. The molecule has 0 aliphatic heterocycles. The number of hydrogen-bond acceptors (Lipinski definition) is 3. The smallest absolute Gasteiger partial charge is 0.246 e. The molecule has 0 saturated carbocycles. The zero-order valence-electron chi connectivity index (χ0n) is 17.4. The molecular formula is C22H27N5O. The Morgan fingerprint density at radius 3 is 2.32 bits per heavy atom. The van der Waals surface area contributed by atoms with Gasteiger partial charge in [0.05, 0.1) is 17.1 Å². The van der Waals surface area contributed by atoms with E-state index in [9.17, 15) is 4.79 Å². The molecule has 1 amide bonds. The zero-order valence-corrected chi connectivity index (χ0v) is 17.4. The lowest BCUT2D eigenvalue weighted by Gasteiger charge is -2.15. The average molecular weight is 377 g/mol. The Hall–Kier alpha value is -3.15. The van der Waals surface area contributed by atoms with Crippen LogP contribution < -0.4 is 0 Å². The SMILES string of the molecule is Cc1nn(C)c(C)c1/C=C/C(=O)N(C)Cc1c(C)nn(-c2ccccc2)c1C. The van der Waals surface area contributed by atoms with E-state index in [-0.39, 0.29) is 5.91 Å². The van der Waals surface area contributed by atoms with Gasteiger partial charge in [-0.15, -0.1) is 0 Å². The molecule has 6 heteroatoms. The molecule has 0 atom stereocenters. The van der Waals surface area contributed by atoms with Gasteiger partial charge in [0.15, 0.2) is 0 Å². The highest BCUT2D eigenvalue weighted by atomic mass is 16.2. The van der Waals surface area contributed by atoms with E-state index in [0.717, 1.165) is 39.6 Å². The van der Waals surface area contributed by atoms with Gasteiger partial charge in [-0.1, -0.05) is 18.2 Å². The van der Waals surface area contributed by atoms with Gasteiger partial charge in [-0.2, -0.15) is 10.2 Å². The first kappa shape index (κ1) is 19.6. The molecule has 0 aliphatic rings. The molecule has 3 aromatic rings. The number of carbonyl (C=O) groups is 1. The van der Waals surface area contributed by atoms with Gasteiger partial charge in [-0.25, -0.2) is 4.68 Å². The summed E-state index contributed by atoms with van der Waals surface area (Å²) >= 11 is 0. The summed E-state index contributed by atoms with van der Waals surface area (Å²) in [6.07, 6.45) is 3.47. The number of amides is 1. The molecule has 0 saturated heterocycles. The van der Waals surface area contributed by atoms with Gasteiger partial charge < -0.3 is 4.90 Å². The number of aryl methyl sites for hydroxylation is 3. The second-order valence-electron chi connectivity index (χ2n) is 7.13. The third kappa shape index (κ3) is 3.76. The first-order chi connectivity index (χ1) is 13.3. The Morgan fingerprint density at radius 2 is 1.71 bits per heavy atom. The summed E-state index contributed by atoms with van der Waals surface area (Å²) in [5, 5.41) is 9.05. The fourth-order valence-corrected chi connectivity index (χ4v) is 3.35. The fraction of sp³-hybridized carbons (Fsp3) is 0.318. The van der Waals surface area contributed by atoms with Crippen molar-refractivity contribution in [2.24, 2.45) is 7.05 Å². The Labute approximate surface area is 166 Å². The molecule has 0 bridgehead atoms. The Morgan fingerprint density at radius 1 is 1.04 bits per heavy atom. The third-order valence-electron chi connectivity index (χ3n) is 5.17. The molecule has 0 radical (unpaired) electrons. The minimum absolute atomic E-state index is 0.0473. The molecule has 1 aromatic carbocycles. The summed E-state index contributed by atoms with van der Waals surface area (Å²) in [5.74, 6) is -0.0473. The number of benzene rings is 1. The van der Waals surface area contributed by atoms with Crippen LogP contribution >= 0.6 is 0 Å². The molecule has 0 fully saturated rings. The van der Waals surface area contributed by atoms with Crippen molar-refractivity contribution in [2.45, 2.75) is 34.2 Å². The van der Waals surface area contributed by atoms with Gasteiger partial charge in [0, 0.05) is 49.2 Å². The second-order valence-corrected chi connectivity index (χ2v) is 7.13. The molecule has 0 aliphatic carbocycles. The maximum Gasteiger partial charge on any atom is 0.246 e. The molecule has 146 valence electrons. The van der Waals surface area contributed by atoms with E-state index in [4.69, 9.17) is 0 Å². The molecule has 28 heavy (non-hydrogen) atoms. The molecule has 2 aromatic heterocycles. The fourth-order valence-electron chi connectivity index (χ4n) is 3.35. The van der Waals surface area contributed by atoms with Crippen LogP contribution in [0.25, 0.3) is 11.8 Å². The van der Waals surface area contributed by atoms with E-state index in [1.807, 2.05) is 87.6 Å².